The van der Waals surface area contributed by atoms with Gasteiger partial charge in [-0.05, 0) is 31.5 Å². The monoisotopic (exact) mass is 226 g/mol. The highest BCUT2D eigenvalue weighted by atomic mass is 35.5. The summed E-state index contributed by atoms with van der Waals surface area (Å²) >= 11 is 5.74. The summed E-state index contributed by atoms with van der Waals surface area (Å²) in [7, 11) is 2.16. The largest absolute Gasteiger partial charge is 0.299 e. The highest BCUT2D eigenvalue weighted by Gasteiger charge is 2.10. The van der Waals surface area contributed by atoms with Crippen molar-refractivity contribution in [2.45, 2.75) is 39.3 Å². The van der Waals surface area contributed by atoms with E-state index in [2.05, 4.69) is 30.8 Å². The lowest BCUT2D eigenvalue weighted by atomic mass is 10.1. The first kappa shape index (κ1) is 12.5. The van der Waals surface area contributed by atoms with E-state index in [1.807, 2.05) is 18.3 Å². The van der Waals surface area contributed by atoms with Gasteiger partial charge in [0.25, 0.3) is 0 Å². The number of rotatable bonds is 5. The maximum absolute atomic E-state index is 5.74. The fourth-order valence-corrected chi connectivity index (χ4v) is 1.94. The molecular weight excluding hydrogens is 208 g/mol. The summed E-state index contributed by atoms with van der Waals surface area (Å²) in [6, 6.07) is 4.53. The molecule has 84 valence electrons. The minimum atomic E-state index is 0.559. The van der Waals surface area contributed by atoms with Crippen molar-refractivity contribution in [1.82, 2.24) is 9.88 Å². The number of halogens is 1. The Hall–Kier alpha value is -0.600. The minimum Gasteiger partial charge on any atom is -0.299 e. The summed E-state index contributed by atoms with van der Waals surface area (Å²) in [5, 5.41) is 0.559. The fraction of sp³-hybridized carbons (Fsp3) is 0.583. The molecule has 0 saturated heterocycles. The predicted molar refractivity (Wildman–Crippen MR) is 65.1 cm³/mol. The summed E-state index contributed by atoms with van der Waals surface area (Å²) in [5.41, 5.74) is 1.22. The van der Waals surface area contributed by atoms with Crippen LogP contribution in [-0.4, -0.2) is 23.0 Å². The number of aromatic nitrogens is 1. The second-order valence-electron chi connectivity index (χ2n) is 3.87. The number of hydrogen-bond acceptors (Lipinski definition) is 2. The maximum Gasteiger partial charge on any atom is 0.129 e. The molecule has 0 saturated carbocycles. The van der Waals surface area contributed by atoms with Crippen molar-refractivity contribution in [3.05, 3.63) is 29.0 Å². The average molecular weight is 227 g/mol. The van der Waals surface area contributed by atoms with Crippen LogP contribution in [0.25, 0.3) is 0 Å². The number of hydrogen-bond donors (Lipinski definition) is 0. The molecular formula is C12H19ClN2. The van der Waals surface area contributed by atoms with Crippen molar-refractivity contribution in [2.75, 3.05) is 7.05 Å². The molecule has 0 atom stereocenters. The van der Waals surface area contributed by atoms with Crippen LogP contribution in [0.3, 0.4) is 0 Å². The molecule has 0 unspecified atom stereocenters. The fourth-order valence-electron chi connectivity index (χ4n) is 1.83. The van der Waals surface area contributed by atoms with Crippen LogP contribution in [0.2, 0.25) is 5.15 Å². The van der Waals surface area contributed by atoms with Gasteiger partial charge >= 0.3 is 0 Å². The number of pyridine rings is 1. The topological polar surface area (TPSA) is 16.1 Å². The first-order chi connectivity index (χ1) is 7.17. The third-order valence-electron chi connectivity index (χ3n) is 2.79. The summed E-state index contributed by atoms with van der Waals surface area (Å²) < 4.78 is 0. The number of nitrogens with zero attached hydrogens (tertiary/aromatic N) is 2. The molecule has 0 spiro atoms. The van der Waals surface area contributed by atoms with E-state index in [0.29, 0.717) is 11.2 Å². The molecule has 15 heavy (non-hydrogen) atoms. The molecule has 1 rings (SSSR count). The van der Waals surface area contributed by atoms with Gasteiger partial charge in [-0.25, -0.2) is 4.98 Å². The highest BCUT2D eigenvalue weighted by Crippen LogP contribution is 2.12. The first-order valence-corrected chi connectivity index (χ1v) is 5.85. The lowest BCUT2D eigenvalue weighted by molar-refractivity contribution is 0.221. The summed E-state index contributed by atoms with van der Waals surface area (Å²) in [6.45, 7) is 5.39. The molecule has 0 fully saturated rings. The molecule has 0 radical (unpaired) electrons. The SMILES string of the molecule is CCC(CC)N(C)Cc1ccc(Cl)nc1. The first-order valence-electron chi connectivity index (χ1n) is 5.48. The normalized spacial score (nSPS) is 11.3. The molecule has 1 heterocycles. The van der Waals surface area contributed by atoms with Gasteiger partial charge in [-0.3, -0.25) is 4.90 Å². The third-order valence-corrected chi connectivity index (χ3v) is 3.01. The van der Waals surface area contributed by atoms with E-state index in [4.69, 9.17) is 11.6 Å². The van der Waals surface area contributed by atoms with E-state index in [-0.39, 0.29) is 0 Å². The molecule has 0 bridgehead atoms. The van der Waals surface area contributed by atoms with Gasteiger partial charge < -0.3 is 0 Å². The highest BCUT2D eigenvalue weighted by molar-refractivity contribution is 6.29. The Morgan fingerprint density at radius 1 is 1.33 bits per heavy atom. The standard InChI is InChI=1S/C12H19ClN2/c1-4-11(5-2)15(3)9-10-6-7-12(13)14-8-10/h6-8,11H,4-5,9H2,1-3H3. The van der Waals surface area contributed by atoms with Crippen LogP contribution in [0, 0.1) is 0 Å². The zero-order valence-corrected chi connectivity index (χ0v) is 10.5. The van der Waals surface area contributed by atoms with Crippen LogP contribution < -0.4 is 0 Å². The average Bonchev–Trinajstić information content (AvgIpc) is 2.23. The van der Waals surface area contributed by atoms with E-state index < -0.39 is 0 Å². The van der Waals surface area contributed by atoms with Gasteiger partial charge in [0.2, 0.25) is 0 Å². The molecule has 0 amide bonds. The van der Waals surface area contributed by atoms with Crippen LogP contribution in [0.1, 0.15) is 32.3 Å². The van der Waals surface area contributed by atoms with Gasteiger partial charge in [0, 0.05) is 18.8 Å². The van der Waals surface area contributed by atoms with Crippen molar-refractivity contribution >= 4 is 11.6 Å². The van der Waals surface area contributed by atoms with Crippen molar-refractivity contribution in [1.29, 1.82) is 0 Å². The van der Waals surface area contributed by atoms with Crippen LogP contribution in [0.5, 0.6) is 0 Å². The van der Waals surface area contributed by atoms with Gasteiger partial charge in [0.05, 0.1) is 0 Å². The zero-order valence-electron chi connectivity index (χ0n) is 9.70. The van der Waals surface area contributed by atoms with Crippen molar-refractivity contribution in [3.63, 3.8) is 0 Å². The van der Waals surface area contributed by atoms with Gasteiger partial charge in [-0.2, -0.15) is 0 Å². The molecule has 0 N–H and O–H groups in total. The molecule has 1 aromatic rings. The molecule has 0 aromatic carbocycles. The van der Waals surface area contributed by atoms with Gasteiger partial charge in [-0.15, -0.1) is 0 Å². The van der Waals surface area contributed by atoms with Crippen LogP contribution in [0.15, 0.2) is 18.3 Å². The molecule has 0 aliphatic rings. The Kier molecular flexibility index (Phi) is 5.06. The lowest BCUT2D eigenvalue weighted by Gasteiger charge is -2.25. The molecule has 0 aliphatic carbocycles. The summed E-state index contributed by atoms with van der Waals surface area (Å²) in [6.07, 6.45) is 4.23. The minimum absolute atomic E-state index is 0.559. The summed E-state index contributed by atoms with van der Waals surface area (Å²) in [5.74, 6) is 0. The second-order valence-corrected chi connectivity index (χ2v) is 4.26. The summed E-state index contributed by atoms with van der Waals surface area (Å²) in [4.78, 5) is 6.45. The van der Waals surface area contributed by atoms with Crippen molar-refractivity contribution in [3.8, 4) is 0 Å². The Balaban J connectivity index is 2.57. The van der Waals surface area contributed by atoms with Crippen LogP contribution >= 0.6 is 11.6 Å². The predicted octanol–water partition coefficient (Wildman–Crippen LogP) is 3.36. The Labute approximate surface area is 97.3 Å². The van der Waals surface area contributed by atoms with Crippen molar-refractivity contribution in [2.24, 2.45) is 0 Å². The maximum atomic E-state index is 5.74. The Morgan fingerprint density at radius 3 is 2.47 bits per heavy atom. The quantitative estimate of drug-likeness (QED) is 0.716. The Bertz CT molecular complexity index is 280. The van der Waals surface area contributed by atoms with E-state index in [9.17, 15) is 0 Å². The molecule has 3 heteroatoms. The van der Waals surface area contributed by atoms with E-state index in [1.165, 1.54) is 18.4 Å². The third kappa shape index (κ3) is 3.80. The van der Waals surface area contributed by atoms with Crippen molar-refractivity contribution < 1.29 is 0 Å². The van der Waals surface area contributed by atoms with E-state index >= 15 is 0 Å². The van der Waals surface area contributed by atoms with Crippen LogP contribution in [-0.2, 0) is 6.54 Å². The molecule has 1 aromatic heterocycles. The van der Waals surface area contributed by atoms with Gasteiger partial charge in [0.1, 0.15) is 5.15 Å². The smallest absolute Gasteiger partial charge is 0.129 e. The zero-order chi connectivity index (χ0) is 11.3. The van der Waals surface area contributed by atoms with E-state index in [0.717, 1.165) is 6.54 Å². The molecule has 0 aliphatic heterocycles. The lowest BCUT2D eigenvalue weighted by Crippen LogP contribution is -2.29. The van der Waals surface area contributed by atoms with Gasteiger partial charge in [-0.1, -0.05) is 31.5 Å². The second kappa shape index (κ2) is 6.09. The molecule has 2 nitrogen and oxygen atoms in total. The van der Waals surface area contributed by atoms with E-state index in [1.54, 1.807) is 0 Å². The Morgan fingerprint density at radius 2 is 2.00 bits per heavy atom. The van der Waals surface area contributed by atoms with Gasteiger partial charge in [0.15, 0.2) is 0 Å². The van der Waals surface area contributed by atoms with Crippen LogP contribution in [0.4, 0.5) is 0 Å².